The molecule has 2 rings (SSSR count). The summed E-state index contributed by atoms with van der Waals surface area (Å²) >= 11 is 0. The maximum atomic E-state index is 12.2. The summed E-state index contributed by atoms with van der Waals surface area (Å²) in [7, 11) is 0. The van der Waals surface area contributed by atoms with Crippen molar-refractivity contribution < 1.29 is 14.7 Å². The Kier molecular flexibility index (Phi) is 4.76. The molecule has 3 unspecified atom stereocenters. The number of rotatable bonds is 5. The Labute approximate surface area is 118 Å². The third kappa shape index (κ3) is 3.59. The first kappa shape index (κ1) is 14.6. The van der Waals surface area contributed by atoms with Gasteiger partial charge in [0.05, 0.1) is 18.4 Å². The predicted molar refractivity (Wildman–Crippen MR) is 72.9 cm³/mol. The molecule has 1 saturated carbocycles. The fourth-order valence-electron chi connectivity index (χ4n) is 2.82. The monoisotopic (exact) mass is 279 g/mol. The van der Waals surface area contributed by atoms with Crippen molar-refractivity contribution in [1.29, 1.82) is 0 Å². The molecule has 3 atom stereocenters. The number of aromatic nitrogens is 2. The number of carboxylic acids is 1. The SMILES string of the molecule is CC(Cn1cccn1)NC(=O)C1CCCCC1C(=O)O. The highest BCUT2D eigenvalue weighted by Gasteiger charge is 2.35. The number of hydrogen-bond acceptors (Lipinski definition) is 3. The molecule has 6 nitrogen and oxygen atoms in total. The van der Waals surface area contributed by atoms with E-state index in [4.69, 9.17) is 0 Å². The van der Waals surface area contributed by atoms with Crippen molar-refractivity contribution in [2.75, 3.05) is 0 Å². The first-order chi connectivity index (χ1) is 9.58. The second-order valence-electron chi connectivity index (χ2n) is 5.47. The Hall–Kier alpha value is -1.85. The van der Waals surface area contributed by atoms with Crippen LogP contribution in [-0.4, -0.2) is 32.8 Å². The highest BCUT2D eigenvalue weighted by Crippen LogP contribution is 2.30. The van der Waals surface area contributed by atoms with Gasteiger partial charge in [0.15, 0.2) is 0 Å². The lowest BCUT2D eigenvalue weighted by molar-refractivity contribution is -0.149. The fraction of sp³-hybridized carbons (Fsp3) is 0.643. The Morgan fingerprint density at radius 3 is 2.70 bits per heavy atom. The molecule has 6 heteroatoms. The first-order valence-corrected chi connectivity index (χ1v) is 7.08. The number of nitrogens with one attached hydrogen (secondary N) is 1. The molecule has 1 fully saturated rings. The van der Waals surface area contributed by atoms with E-state index in [1.807, 2.05) is 19.2 Å². The summed E-state index contributed by atoms with van der Waals surface area (Å²) in [6, 6.07) is 1.76. The predicted octanol–water partition coefficient (Wildman–Crippen LogP) is 1.28. The highest BCUT2D eigenvalue weighted by atomic mass is 16.4. The molecule has 1 aliphatic rings. The number of nitrogens with zero attached hydrogens (tertiary/aromatic N) is 2. The van der Waals surface area contributed by atoms with Crippen LogP contribution in [0.4, 0.5) is 0 Å². The second-order valence-corrected chi connectivity index (χ2v) is 5.47. The van der Waals surface area contributed by atoms with Gasteiger partial charge in [0.1, 0.15) is 0 Å². The molecule has 20 heavy (non-hydrogen) atoms. The number of carbonyl (C=O) groups is 2. The summed E-state index contributed by atoms with van der Waals surface area (Å²) < 4.78 is 1.75. The number of hydrogen-bond donors (Lipinski definition) is 2. The maximum absolute atomic E-state index is 12.2. The number of carboxylic acid groups (broad SMARTS) is 1. The lowest BCUT2D eigenvalue weighted by atomic mass is 9.78. The van der Waals surface area contributed by atoms with Crippen LogP contribution < -0.4 is 5.32 Å². The van der Waals surface area contributed by atoms with E-state index in [2.05, 4.69) is 10.4 Å². The number of aliphatic carboxylic acids is 1. The Morgan fingerprint density at radius 1 is 1.40 bits per heavy atom. The van der Waals surface area contributed by atoms with E-state index in [9.17, 15) is 14.7 Å². The van der Waals surface area contributed by atoms with Gasteiger partial charge in [-0.3, -0.25) is 14.3 Å². The summed E-state index contributed by atoms with van der Waals surface area (Å²) in [5.41, 5.74) is 0. The van der Waals surface area contributed by atoms with Crippen LogP contribution in [0.5, 0.6) is 0 Å². The normalized spacial score (nSPS) is 24.1. The average molecular weight is 279 g/mol. The molecule has 1 aromatic rings. The van der Waals surface area contributed by atoms with Crippen LogP contribution in [0.15, 0.2) is 18.5 Å². The molecule has 0 saturated heterocycles. The van der Waals surface area contributed by atoms with Crippen LogP contribution >= 0.6 is 0 Å². The zero-order valence-corrected chi connectivity index (χ0v) is 11.7. The summed E-state index contributed by atoms with van der Waals surface area (Å²) in [4.78, 5) is 23.5. The zero-order valence-electron chi connectivity index (χ0n) is 11.7. The largest absolute Gasteiger partial charge is 0.481 e. The van der Waals surface area contributed by atoms with Crippen molar-refractivity contribution in [3.8, 4) is 0 Å². The molecule has 2 N–H and O–H groups in total. The van der Waals surface area contributed by atoms with Gasteiger partial charge in [-0.05, 0) is 25.8 Å². The van der Waals surface area contributed by atoms with Gasteiger partial charge in [0.2, 0.25) is 5.91 Å². The molecule has 110 valence electrons. The van der Waals surface area contributed by atoms with E-state index in [-0.39, 0.29) is 11.9 Å². The Morgan fingerprint density at radius 2 is 2.10 bits per heavy atom. The lowest BCUT2D eigenvalue weighted by Crippen LogP contribution is -2.44. The van der Waals surface area contributed by atoms with Crippen molar-refractivity contribution in [3.63, 3.8) is 0 Å². The summed E-state index contributed by atoms with van der Waals surface area (Å²) in [6.07, 6.45) is 6.61. The molecule has 0 aromatic carbocycles. The van der Waals surface area contributed by atoms with Crippen LogP contribution in [0.1, 0.15) is 32.6 Å². The van der Waals surface area contributed by atoms with E-state index in [0.717, 1.165) is 12.8 Å². The van der Waals surface area contributed by atoms with Crippen molar-refractivity contribution in [2.45, 2.75) is 45.2 Å². The van der Waals surface area contributed by atoms with Gasteiger partial charge < -0.3 is 10.4 Å². The van der Waals surface area contributed by atoms with Crippen LogP contribution in [0.3, 0.4) is 0 Å². The Balaban J connectivity index is 1.90. The lowest BCUT2D eigenvalue weighted by Gasteiger charge is -2.28. The zero-order chi connectivity index (χ0) is 14.5. The Bertz CT molecular complexity index is 458. The van der Waals surface area contributed by atoms with E-state index in [0.29, 0.717) is 19.4 Å². The van der Waals surface area contributed by atoms with Crippen molar-refractivity contribution in [3.05, 3.63) is 18.5 Å². The van der Waals surface area contributed by atoms with E-state index >= 15 is 0 Å². The molecular formula is C14H21N3O3. The summed E-state index contributed by atoms with van der Waals surface area (Å²) in [6.45, 7) is 2.49. The van der Waals surface area contributed by atoms with Gasteiger partial charge in [0, 0.05) is 18.4 Å². The molecule has 0 radical (unpaired) electrons. The van der Waals surface area contributed by atoms with Gasteiger partial charge in [0.25, 0.3) is 0 Å². The van der Waals surface area contributed by atoms with Gasteiger partial charge >= 0.3 is 5.97 Å². The van der Waals surface area contributed by atoms with Gasteiger partial charge in [-0.1, -0.05) is 12.8 Å². The van der Waals surface area contributed by atoms with Gasteiger partial charge in [-0.25, -0.2) is 0 Å². The van der Waals surface area contributed by atoms with Crippen LogP contribution in [0, 0.1) is 11.8 Å². The molecule has 0 spiro atoms. The quantitative estimate of drug-likeness (QED) is 0.850. The van der Waals surface area contributed by atoms with Crippen LogP contribution in [-0.2, 0) is 16.1 Å². The highest BCUT2D eigenvalue weighted by molar-refractivity contribution is 5.85. The average Bonchev–Trinajstić information content (AvgIpc) is 2.91. The van der Waals surface area contributed by atoms with Gasteiger partial charge in [-0.15, -0.1) is 0 Å². The van der Waals surface area contributed by atoms with E-state index in [1.54, 1.807) is 10.9 Å². The molecule has 1 heterocycles. The molecule has 1 amide bonds. The van der Waals surface area contributed by atoms with Gasteiger partial charge in [-0.2, -0.15) is 5.10 Å². The second kappa shape index (κ2) is 6.54. The minimum Gasteiger partial charge on any atom is -0.481 e. The molecule has 0 bridgehead atoms. The third-order valence-electron chi connectivity index (χ3n) is 3.83. The molecule has 1 aromatic heterocycles. The fourth-order valence-corrected chi connectivity index (χ4v) is 2.82. The summed E-state index contributed by atoms with van der Waals surface area (Å²) in [5, 5.41) is 16.2. The number of amides is 1. The molecular weight excluding hydrogens is 258 g/mol. The minimum atomic E-state index is -0.857. The molecule has 1 aliphatic carbocycles. The summed E-state index contributed by atoms with van der Waals surface area (Å²) in [5.74, 6) is -1.94. The smallest absolute Gasteiger partial charge is 0.307 e. The van der Waals surface area contributed by atoms with E-state index in [1.165, 1.54) is 0 Å². The topological polar surface area (TPSA) is 84.2 Å². The van der Waals surface area contributed by atoms with Crippen molar-refractivity contribution in [1.82, 2.24) is 15.1 Å². The standard InChI is InChI=1S/C14H21N3O3/c1-10(9-17-8-4-7-15-17)16-13(18)11-5-2-3-6-12(11)14(19)20/h4,7-8,10-12H,2-3,5-6,9H2,1H3,(H,16,18)(H,19,20). The molecule has 0 aliphatic heterocycles. The van der Waals surface area contributed by atoms with E-state index < -0.39 is 17.8 Å². The van der Waals surface area contributed by atoms with Crippen molar-refractivity contribution in [2.24, 2.45) is 11.8 Å². The minimum absolute atomic E-state index is 0.0706. The maximum Gasteiger partial charge on any atom is 0.307 e. The third-order valence-corrected chi connectivity index (χ3v) is 3.83. The number of carbonyl (C=O) groups excluding carboxylic acids is 1. The first-order valence-electron chi connectivity index (χ1n) is 7.08. The van der Waals surface area contributed by atoms with Crippen LogP contribution in [0.2, 0.25) is 0 Å². The van der Waals surface area contributed by atoms with Crippen LogP contribution in [0.25, 0.3) is 0 Å². The van der Waals surface area contributed by atoms with Crippen molar-refractivity contribution >= 4 is 11.9 Å².